The van der Waals surface area contributed by atoms with E-state index in [4.69, 9.17) is 14.2 Å². The summed E-state index contributed by atoms with van der Waals surface area (Å²) in [6, 6.07) is 8.24. The summed E-state index contributed by atoms with van der Waals surface area (Å²) >= 11 is 0. The molecule has 0 unspecified atom stereocenters. The van der Waals surface area contributed by atoms with Crippen molar-refractivity contribution < 1.29 is 28.7 Å². The normalized spacial score (nSPS) is 13.2. The summed E-state index contributed by atoms with van der Waals surface area (Å²) in [7, 11) is 0. The third kappa shape index (κ3) is 4.57. The van der Waals surface area contributed by atoms with E-state index in [2.05, 4.69) is 5.32 Å². The molecule has 0 spiro atoms. The van der Waals surface area contributed by atoms with Crippen LogP contribution < -0.4 is 14.8 Å². The molecule has 2 aromatic rings. The molecule has 0 radical (unpaired) electrons. The maximum absolute atomic E-state index is 12.4. The highest BCUT2D eigenvalue weighted by atomic mass is 16.7. The van der Waals surface area contributed by atoms with Gasteiger partial charge in [0.05, 0.1) is 16.6 Å². The molecule has 0 saturated heterocycles. The second-order valence-electron chi connectivity index (χ2n) is 6.69. The number of nitro benzene ring substituents is 1. The molecule has 1 atom stereocenters. The predicted octanol–water partition coefficient (Wildman–Crippen LogP) is 3.52. The second-order valence-corrected chi connectivity index (χ2v) is 6.69. The highest BCUT2D eigenvalue weighted by Crippen LogP contribution is 2.38. The fourth-order valence-electron chi connectivity index (χ4n) is 2.90. The molecule has 0 aliphatic carbocycles. The fraction of sp³-hybridized carbons (Fsp3) is 0.238. The molecule has 1 amide bonds. The number of carbonyl (C=O) groups is 2. The standard InChI is InChI=1S/C21H20N2O7/c1-12-5-4-6-13(2)20(12)22-21(25)14(3)30-19(24)8-7-15-9-17-18(29-11-28-17)10-16(15)23(26)27/h4-10,14H,11H2,1-3H3,(H,22,25)/b8-7+/t14-/m0/s1. The minimum Gasteiger partial charge on any atom is -0.454 e. The number of rotatable bonds is 6. The Balaban J connectivity index is 1.67. The van der Waals surface area contributed by atoms with Crippen LogP contribution in [0.3, 0.4) is 0 Å². The van der Waals surface area contributed by atoms with E-state index in [1.165, 1.54) is 25.1 Å². The fourth-order valence-corrected chi connectivity index (χ4v) is 2.90. The largest absolute Gasteiger partial charge is 0.454 e. The van der Waals surface area contributed by atoms with Gasteiger partial charge in [-0.3, -0.25) is 14.9 Å². The number of hydrogen-bond acceptors (Lipinski definition) is 7. The average molecular weight is 412 g/mol. The molecule has 9 nitrogen and oxygen atoms in total. The van der Waals surface area contributed by atoms with E-state index in [0.717, 1.165) is 17.2 Å². The smallest absolute Gasteiger partial charge is 0.331 e. The van der Waals surface area contributed by atoms with E-state index >= 15 is 0 Å². The van der Waals surface area contributed by atoms with Crippen molar-refractivity contribution in [3.63, 3.8) is 0 Å². The van der Waals surface area contributed by atoms with Gasteiger partial charge in [0, 0.05) is 11.8 Å². The summed E-state index contributed by atoms with van der Waals surface area (Å²) in [6.07, 6.45) is 1.19. The van der Waals surface area contributed by atoms with Gasteiger partial charge >= 0.3 is 5.97 Å². The zero-order valence-corrected chi connectivity index (χ0v) is 16.6. The van der Waals surface area contributed by atoms with Gasteiger partial charge in [-0.2, -0.15) is 0 Å². The van der Waals surface area contributed by atoms with Crippen molar-refractivity contribution in [2.24, 2.45) is 0 Å². The molecule has 0 saturated carbocycles. The molecule has 3 rings (SSSR count). The number of anilines is 1. The number of nitro groups is 1. The van der Waals surface area contributed by atoms with Crippen LogP contribution in [0.25, 0.3) is 6.08 Å². The van der Waals surface area contributed by atoms with Gasteiger partial charge in [0.1, 0.15) is 0 Å². The molecule has 1 aliphatic rings. The maximum atomic E-state index is 12.4. The van der Waals surface area contributed by atoms with E-state index in [1.807, 2.05) is 32.0 Å². The van der Waals surface area contributed by atoms with Crippen molar-refractivity contribution in [3.8, 4) is 11.5 Å². The molecule has 9 heteroatoms. The van der Waals surface area contributed by atoms with Gasteiger partial charge in [0.25, 0.3) is 11.6 Å². The van der Waals surface area contributed by atoms with Gasteiger partial charge in [0.2, 0.25) is 6.79 Å². The monoisotopic (exact) mass is 412 g/mol. The van der Waals surface area contributed by atoms with Crippen molar-refractivity contribution >= 4 is 29.3 Å². The van der Waals surface area contributed by atoms with Gasteiger partial charge in [-0.1, -0.05) is 18.2 Å². The highest BCUT2D eigenvalue weighted by Gasteiger charge is 2.23. The number of benzene rings is 2. The average Bonchev–Trinajstić information content (AvgIpc) is 3.15. The first-order chi connectivity index (χ1) is 14.3. The van der Waals surface area contributed by atoms with Gasteiger partial charge in [-0.25, -0.2) is 4.79 Å². The molecule has 156 valence electrons. The molecule has 30 heavy (non-hydrogen) atoms. The van der Waals surface area contributed by atoms with Crippen LogP contribution in [0.1, 0.15) is 23.6 Å². The molecule has 0 bridgehead atoms. The number of nitrogens with zero attached hydrogens (tertiary/aromatic N) is 1. The Morgan fingerprint density at radius 3 is 2.47 bits per heavy atom. The summed E-state index contributed by atoms with van der Waals surface area (Å²) in [5, 5.41) is 14.0. The molecule has 0 aromatic heterocycles. The number of hydrogen-bond donors (Lipinski definition) is 1. The van der Waals surface area contributed by atoms with Crippen LogP contribution in [0.2, 0.25) is 0 Å². The van der Waals surface area contributed by atoms with Crippen LogP contribution in [-0.2, 0) is 14.3 Å². The minimum absolute atomic E-state index is 0.0330. The van der Waals surface area contributed by atoms with Crippen molar-refractivity contribution in [3.05, 3.63) is 63.2 Å². The summed E-state index contributed by atoms with van der Waals surface area (Å²) < 4.78 is 15.4. The lowest BCUT2D eigenvalue weighted by Crippen LogP contribution is -2.30. The Kier molecular flexibility index (Phi) is 6.01. The molecule has 0 fully saturated rings. The Morgan fingerprint density at radius 1 is 1.20 bits per heavy atom. The lowest BCUT2D eigenvalue weighted by atomic mass is 10.1. The Morgan fingerprint density at radius 2 is 1.83 bits per heavy atom. The number of nitrogens with one attached hydrogen (secondary N) is 1. The van der Waals surface area contributed by atoms with Gasteiger partial charge in [-0.15, -0.1) is 0 Å². The predicted molar refractivity (Wildman–Crippen MR) is 108 cm³/mol. The minimum atomic E-state index is -1.06. The molecule has 2 aromatic carbocycles. The summed E-state index contributed by atoms with van der Waals surface area (Å²) in [6.45, 7) is 5.13. The van der Waals surface area contributed by atoms with Crippen molar-refractivity contribution in [2.75, 3.05) is 12.1 Å². The molecule has 1 N–H and O–H groups in total. The first kappa shape index (κ1) is 20.8. The molecular formula is C21H20N2O7. The van der Waals surface area contributed by atoms with Crippen LogP contribution in [0.15, 0.2) is 36.4 Å². The number of carbonyl (C=O) groups excluding carboxylic acids is 2. The second kappa shape index (κ2) is 8.64. The first-order valence-corrected chi connectivity index (χ1v) is 9.10. The van der Waals surface area contributed by atoms with Crippen LogP contribution in [-0.4, -0.2) is 29.7 Å². The van der Waals surface area contributed by atoms with Gasteiger partial charge in [-0.05, 0) is 44.0 Å². The van der Waals surface area contributed by atoms with Crippen molar-refractivity contribution in [2.45, 2.75) is 26.9 Å². The Bertz CT molecular complexity index is 1030. The van der Waals surface area contributed by atoms with Gasteiger partial charge < -0.3 is 19.5 Å². The molecule has 1 aliphatic heterocycles. The van der Waals surface area contributed by atoms with E-state index in [-0.39, 0.29) is 23.8 Å². The highest BCUT2D eigenvalue weighted by molar-refractivity contribution is 5.97. The van der Waals surface area contributed by atoms with E-state index in [0.29, 0.717) is 11.4 Å². The lowest BCUT2D eigenvalue weighted by molar-refractivity contribution is -0.385. The number of amides is 1. The van der Waals surface area contributed by atoms with Gasteiger partial charge in [0.15, 0.2) is 17.6 Å². The number of esters is 1. The van der Waals surface area contributed by atoms with E-state index < -0.39 is 22.9 Å². The Labute approximate surface area is 172 Å². The third-order valence-electron chi connectivity index (χ3n) is 4.51. The van der Waals surface area contributed by atoms with Crippen molar-refractivity contribution in [1.82, 2.24) is 0 Å². The molecule has 1 heterocycles. The van der Waals surface area contributed by atoms with Crippen LogP contribution in [0, 0.1) is 24.0 Å². The Hall–Kier alpha value is -3.88. The topological polar surface area (TPSA) is 117 Å². The number of fused-ring (bicyclic) bond motifs is 1. The quantitative estimate of drug-likeness (QED) is 0.334. The van der Waals surface area contributed by atoms with E-state index in [1.54, 1.807) is 0 Å². The number of ether oxygens (including phenoxy) is 3. The first-order valence-electron chi connectivity index (χ1n) is 9.10. The van der Waals surface area contributed by atoms with Crippen LogP contribution in [0.5, 0.6) is 11.5 Å². The van der Waals surface area contributed by atoms with Crippen LogP contribution >= 0.6 is 0 Å². The molecular weight excluding hydrogens is 392 g/mol. The number of para-hydroxylation sites is 1. The lowest BCUT2D eigenvalue weighted by Gasteiger charge is -2.15. The van der Waals surface area contributed by atoms with Crippen molar-refractivity contribution in [1.29, 1.82) is 0 Å². The van der Waals surface area contributed by atoms with E-state index in [9.17, 15) is 19.7 Å². The maximum Gasteiger partial charge on any atom is 0.331 e. The summed E-state index contributed by atoms with van der Waals surface area (Å²) in [5.74, 6) is -0.692. The number of aryl methyl sites for hydroxylation is 2. The SMILES string of the molecule is Cc1cccc(C)c1NC(=O)[C@H](C)OC(=O)/C=C/c1cc2c(cc1[N+](=O)[O-])OCO2. The zero-order valence-electron chi connectivity index (χ0n) is 16.6. The summed E-state index contributed by atoms with van der Waals surface area (Å²) in [5.41, 5.74) is 2.34. The zero-order chi connectivity index (χ0) is 21.8. The summed E-state index contributed by atoms with van der Waals surface area (Å²) in [4.78, 5) is 35.2. The third-order valence-corrected chi connectivity index (χ3v) is 4.51. The van der Waals surface area contributed by atoms with Crippen LogP contribution in [0.4, 0.5) is 11.4 Å².